The van der Waals surface area contributed by atoms with E-state index in [1.807, 2.05) is 0 Å². The zero-order valence-electron chi connectivity index (χ0n) is 7.45. The van der Waals surface area contributed by atoms with Gasteiger partial charge in [0.25, 0.3) is 0 Å². The fraction of sp³-hybridized carbons (Fsp3) is 1.00. The molecule has 1 aliphatic rings. The fourth-order valence-electron chi connectivity index (χ4n) is 2.06. The molecule has 0 saturated carbocycles. The first-order valence-electron chi connectivity index (χ1n) is 4.14. The first-order valence-corrected chi connectivity index (χ1v) is 6.46. The molecular formula is C9H18I-. The summed E-state index contributed by atoms with van der Waals surface area (Å²) in [6.45, 7) is 9.74. The van der Waals surface area contributed by atoms with E-state index in [2.05, 4.69) is 27.7 Å². The first kappa shape index (κ1) is 8.82. The van der Waals surface area contributed by atoms with Gasteiger partial charge < -0.3 is 0 Å². The molecule has 1 aliphatic heterocycles. The predicted molar refractivity (Wildman–Crippen MR) is 41.9 cm³/mol. The van der Waals surface area contributed by atoms with Crippen molar-refractivity contribution in [3.63, 3.8) is 0 Å². The fourth-order valence-corrected chi connectivity index (χ4v) is 7.07. The Labute approximate surface area is 75.0 Å². The molecule has 1 heteroatoms. The van der Waals surface area contributed by atoms with Crippen LogP contribution in [0.2, 0.25) is 0 Å². The van der Waals surface area contributed by atoms with Crippen LogP contribution in [0.5, 0.6) is 0 Å². The molecule has 0 aliphatic carbocycles. The molecule has 0 bridgehead atoms. The molecule has 0 N–H and O–H groups in total. The normalized spacial score (nSPS) is 40.4. The van der Waals surface area contributed by atoms with Crippen LogP contribution >= 0.6 is 0 Å². The standard InChI is InChI=1S/C9H18I/c1-7-5-8(2)10-9(3,4)6-7/h7-8H,5-6H2,1-4H3/q-1/t7-,8+/m0/s1. The van der Waals surface area contributed by atoms with Gasteiger partial charge in [-0.3, -0.25) is 0 Å². The van der Waals surface area contributed by atoms with Gasteiger partial charge in [-0.05, 0) is 0 Å². The molecular weight excluding hydrogens is 235 g/mol. The topological polar surface area (TPSA) is 0 Å². The van der Waals surface area contributed by atoms with Crippen LogP contribution in [0.3, 0.4) is 0 Å². The van der Waals surface area contributed by atoms with Crippen molar-refractivity contribution in [2.75, 3.05) is 0 Å². The van der Waals surface area contributed by atoms with Gasteiger partial charge in [0.1, 0.15) is 0 Å². The van der Waals surface area contributed by atoms with Gasteiger partial charge >= 0.3 is 75.0 Å². The van der Waals surface area contributed by atoms with Crippen molar-refractivity contribution in [3.05, 3.63) is 0 Å². The summed E-state index contributed by atoms with van der Waals surface area (Å²) in [6.07, 6.45) is 2.97. The molecule has 0 unspecified atom stereocenters. The SMILES string of the molecule is C[C@H]1C[C@@H](C)[I-]C(C)(C)C1. The maximum atomic E-state index is 2.45. The number of hydrogen-bond acceptors (Lipinski definition) is 0. The van der Waals surface area contributed by atoms with E-state index in [4.69, 9.17) is 0 Å². The summed E-state index contributed by atoms with van der Waals surface area (Å²) in [5.74, 6) is 0.985. The number of halogens is 1. The Kier molecular flexibility index (Phi) is 2.64. The molecule has 62 valence electrons. The molecule has 0 aromatic carbocycles. The van der Waals surface area contributed by atoms with E-state index in [-0.39, 0.29) is 0 Å². The van der Waals surface area contributed by atoms with Crippen molar-refractivity contribution in [2.45, 2.75) is 47.9 Å². The third-order valence-electron chi connectivity index (χ3n) is 2.04. The van der Waals surface area contributed by atoms with Gasteiger partial charge in [0.05, 0.1) is 0 Å². The Morgan fingerprint density at radius 2 is 1.90 bits per heavy atom. The van der Waals surface area contributed by atoms with Crippen molar-refractivity contribution in [1.29, 1.82) is 0 Å². The van der Waals surface area contributed by atoms with E-state index in [0.29, 0.717) is 21.2 Å². The number of alkyl halides is 2. The van der Waals surface area contributed by atoms with Crippen LogP contribution in [-0.2, 0) is 0 Å². The number of rotatable bonds is 0. The van der Waals surface area contributed by atoms with Gasteiger partial charge in [0.15, 0.2) is 0 Å². The molecule has 1 fully saturated rings. The molecule has 2 atom stereocenters. The molecule has 0 spiro atoms. The molecule has 1 rings (SSSR count). The summed E-state index contributed by atoms with van der Waals surface area (Å²) in [5.41, 5.74) is 0. The Balaban J connectivity index is 2.51. The summed E-state index contributed by atoms with van der Waals surface area (Å²) < 4.78 is 1.80. The zero-order valence-corrected chi connectivity index (χ0v) is 9.60. The van der Waals surface area contributed by atoms with Crippen LogP contribution in [0.1, 0.15) is 40.5 Å². The second-order valence-electron chi connectivity index (χ2n) is 4.15. The van der Waals surface area contributed by atoms with E-state index < -0.39 is 0 Å². The average molecular weight is 253 g/mol. The molecule has 0 radical (unpaired) electrons. The second-order valence-corrected chi connectivity index (χ2v) is 9.82. The molecule has 0 nitrogen and oxygen atoms in total. The van der Waals surface area contributed by atoms with Crippen LogP contribution < -0.4 is 21.2 Å². The van der Waals surface area contributed by atoms with Crippen molar-refractivity contribution >= 4 is 0 Å². The Bertz CT molecular complexity index is 106. The van der Waals surface area contributed by atoms with E-state index in [1.165, 1.54) is 12.8 Å². The second kappa shape index (κ2) is 3.00. The van der Waals surface area contributed by atoms with Gasteiger partial charge in [-0.15, -0.1) is 0 Å². The van der Waals surface area contributed by atoms with E-state index >= 15 is 0 Å². The summed E-state index contributed by atoms with van der Waals surface area (Å²) in [5, 5.41) is 0. The van der Waals surface area contributed by atoms with Crippen LogP contribution in [0.4, 0.5) is 0 Å². The van der Waals surface area contributed by atoms with Crippen LogP contribution in [0.25, 0.3) is 0 Å². The van der Waals surface area contributed by atoms with Crippen molar-refractivity contribution in [1.82, 2.24) is 0 Å². The van der Waals surface area contributed by atoms with Gasteiger partial charge in [0, 0.05) is 0 Å². The van der Waals surface area contributed by atoms with Crippen molar-refractivity contribution in [2.24, 2.45) is 5.92 Å². The molecule has 1 heterocycles. The summed E-state index contributed by atoms with van der Waals surface area (Å²) in [7, 11) is 0. The van der Waals surface area contributed by atoms with Gasteiger partial charge in [0.2, 0.25) is 0 Å². The van der Waals surface area contributed by atoms with Crippen LogP contribution in [0, 0.1) is 5.92 Å². The Morgan fingerprint density at radius 3 is 2.30 bits per heavy atom. The van der Waals surface area contributed by atoms with E-state index in [0.717, 1.165) is 13.3 Å². The third-order valence-corrected chi connectivity index (χ3v) is 5.74. The quantitative estimate of drug-likeness (QED) is 0.410. The summed E-state index contributed by atoms with van der Waals surface area (Å²) in [4.78, 5) is 0. The summed E-state index contributed by atoms with van der Waals surface area (Å²) in [6, 6.07) is 0. The first-order chi connectivity index (χ1) is 4.49. The number of hydrogen-bond donors (Lipinski definition) is 0. The summed E-state index contributed by atoms with van der Waals surface area (Å²) >= 11 is 0.478. The predicted octanol–water partition coefficient (Wildman–Crippen LogP) is -0.328. The van der Waals surface area contributed by atoms with Gasteiger partial charge in [-0.2, -0.15) is 0 Å². The monoisotopic (exact) mass is 253 g/mol. The molecule has 10 heavy (non-hydrogen) atoms. The van der Waals surface area contributed by atoms with Gasteiger partial charge in [-0.1, -0.05) is 0 Å². The minimum absolute atomic E-state index is 0.478. The van der Waals surface area contributed by atoms with E-state index in [1.54, 1.807) is 0 Å². The Hall–Kier alpha value is 0.730. The molecule has 0 aromatic rings. The zero-order chi connectivity index (χ0) is 7.78. The molecule has 0 amide bonds. The molecule has 0 aromatic heterocycles. The average Bonchev–Trinajstić information content (AvgIpc) is 1.54. The van der Waals surface area contributed by atoms with E-state index in [9.17, 15) is 0 Å². The maximum absolute atomic E-state index is 2.45. The van der Waals surface area contributed by atoms with Crippen LogP contribution in [-0.4, -0.2) is 7.35 Å². The van der Waals surface area contributed by atoms with Crippen molar-refractivity contribution < 1.29 is 21.2 Å². The minimum atomic E-state index is 0.478. The van der Waals surface area contributed by atoms with Crippen molar-refractivity contribution in [3.8, 4) is 0 Å². The third kappa shape index (κ3) is 2.40. The van der Waals surface area contributed by atoms with Gasteiger partial charge in [-0.25, -0.2) is 0 Å². The molecule has 1 saturated heterocycles. The Morgan fingerprint density at radius 1 is 1.30 bits per heavy atom. The van der Waals surface area contributed by atoms with Crippen LogP contribution in [0.15, 0.2) is 0 Å².